The highest BCUT2D eigenvalue weighted by atomic mass is 35.5. The van der Waals surface area contributed by atoms with Gasteiger partial charge in [-0.3, -0.25) is 4.79 Å². The SMILES string of the molecule is Cc1cc(NC(=O)C2CCCC2(C)C)cnc1Cl. The van der Waals surface area contributed by atoms with E-state index in [9.17, 15) is 4.79 Å². The molecule has 1 saturated carbocycles. The summed E-state index contributed by atoms with van der Waals surface area (Å²) < 4.78 is 0. The lowest BCUT2D eigenvalue weighted by Gasteiger charge is -2.25. The highest BCUT2D eigenvalue weighted by molar-refractivity contribution is 6.30. The van der Waals surface area contributed by atoms with Gasteiger partial charge in [-0.05, 0) is 36.8 Å². The second-order valence-corrected chi connectivity index (χ2v) is 6.11. The van der Waals surface area contributed by atoms with Crippen molar-refractivity contribution < 1.29 is 4.79 Å². The summed E-state index contributed by atoms with van der Waals surface area (Å²) in [5.74, 6) is 0.189. The highest BCUT2D eigenvalue weighted by Gasteiger charge is 2.39. The Labute approximate surface area is 113 Å². The number of pyridine rings is 1. The fourth-order valence-electron chi connectivity index (χ4n) is 2.67. The number of aromatic nitrogens is 1. The number of hydrogen-bond acceptors (Lipinski definition) is 2. The van der Waals surface area contributed by atoms with Crippen molar-refractivity contribution >= 4 is 23.2 Å². The fraction of sp³-hybridized carbons (Fsp3) is 0.571. The maximum absolute atomic E-state index is 12.3. The van der Waals surface area contributed by atoms with Crippen LogP contribution in [0.2, 0.25) is 5.15 Å². The third-order valence-corrected chi connectivity index (χ3v) is 4.25. The van der Waals surface area contributed by atoms with Crippen molar-refractivity contribution in [2.24, 2.45) is 11.3 Å². The maximum atomic E-state index is 12.3. The predicted molar refractivity (Wildman–Crippen MR) is 73.7 cm³/mol. The number of carbonyl (C=O) groups excluding carboxylic acids is 1. The van der Waals surface area contributed by atoms with E-state index in [1.807, 2.05) is 13.0 Å². The quantitative estimate of drug-likeness (QED) is 0.827. The van der Waals surface area contributed by atoms with Gasteiger partial charge in [-0.25, -0.2) is 4.98 Å². The van der Waals surface area contributed by atoms with E-state index in [4.69, 9.17) is 11.6 Å². The van der Waals surface area contributed by atoms with E-state index in [0.29, 0.717) is 5.15 Å². The molecule has 98 valence electrons. The van der Waals surface area contributed by atoms with Crippen LogP contribution in [0.3, 0.4) is 0 Å². The first-order valence-corrected chi connectivity index (χ1v) is 6.71. The van der Waals surface area contributed by atoms with Gasteiger partial charge >= 0.3 is 0 Å². The number of rotatable bonds is 2. The van der Waals surface area contributed by atoms with Gasteiger partial charge < -0.3 is 5.32 Å². The topological polar surface area (TPSA) is 42.0 Å². The van der Waals surface area contributed by atoms with Crippen molar-refractivity contribution in [3.63, 3.8) is 0 Å². The van der Waals surface area contributed by atoms with Crippen LogP contribution >= 0.6 is 11.6 Å². The molecule has 1 heterocycles. The summed E-state index contributed by atoms with van der Waals surface area (Å²) in [4.78, 5) is 16.3. The van der Waals surface area contributed by atoms with Crippen molar-refractivity contribution in [3.05, 3.63) is 23.0 Å². The highest BCUT2D eigenvalue weighted by Crippen LogP contribution is 2.43. The van der Waals surface area contributed by atoms with Gasteiger partial charge in [0.15, 0.2) is 0 Å². The summed E-state index contributed by atoms with van der Waals surface area (Å²) in [6, 6.07) is 1.86. The molecule has 1 fully saturated rings. The Morgan fingerprint density at radius 2 is 2.28 bits per heavy atom. The van der Waals surface area contributed by atoms with E-state index in [2.05, 4.69) is 24.1 Å². The van der Waals surface area contributed by atoms with Crippen LogP contribution in [0.25, 0.3) is 0 Å². The molecule has 1 aliphatic carbocycles. The smallest absolute Gasteiger partial charge is 0.228 e. The number of carbonyl (C=O) groups is 1. The van der Waals surface area contributed by atoms with Crippen LogP contribution < -0.4 is 5.32 Å². The van der Waals surface area contributed by atoms with Gasteiger partial charge in [-0.15, -0.1) is 0 Å². The summed E-state index contributed by atoms with van der Waals surface area (Å²) in [6.07, 6.45) is 4.82. The molecule has 1 N–H and O–H groups in total. The van der Waals surface area contributed by atoms with Gasteiger partial charge in [0.05, 0.1) is 11.9 Å². The number of anilines is 1. The van der Waals surface area contributed by atoms with Crippen molar-refractivity contribution in [1.29, 1.82) is 0 Å². The molecule has 0 aromatic carbocycles. The molecule has 18 heavy (non-hydrogen) atoms. The third kappa shape index (κ3) is 2.66. The van der Waals surface area contributed by atoms with Crippen LogP contribution in [0.15, 0.2) is 12.3 Å². The normalized spacial score (nSPS) is 21.9. The van der Waals surface area contributed by atoms with Crippen molar-refractivity contribution in [2.75, 3.05) is 5.32 Å². The van der Waals surface area contributed by atoms with Crippen molar-refractivity contribution in [1.82, 2.24) is 4.98 Å². The Balaban J connectivity index is 2.09. The zero-order chi connectivity index (χ0) is 13.3. The van der Waals surface area contributed by atoms with Gasteiger partial charge in [-0.2, -0.15) is 0 Å². The van der Waals surface area contributed by atoms with E-state index in [0.717, 1.165) is 30.5 Å². The average Bonchev–Trinajstić information content (AvgIpc) is 2.63. The molecule has 0 aliphatic heterocycles. The first-order chi connectivity index (χ1) is 8.40. The number of halogens is 1. The van der Waals surface area contributed by atoms with Gasteiger partial charge in [-0.1, -0.05) is 31.9 Å². The van der Waals surface area contributed by atoms with Crippen molar-refractivity contribution in [2.45, 2.75) is 40.0 Å². The molecule has 3 nitrogen and oxygen atoms in total. The van der Waals surface area contributed by atoms with Crippen LogP contribution in [0.4, 0.5) is 5.69 Å². The van der Waals surface area contributed by atoms with Crippen LogP contribution in [-0.2, 0) is 4.79 Å². The second kappa shape index (κ2) is 4.88. The molecule has 2 rings (SSSR count). The Hall–Kier alpha value is -1.09. The minimum atomic E-state index is 0.0912. The standard InChI is InChI=1S/C14H19ClN2O/c1-9-7-10(8-16-12(9)15)17-13(18)11-5-4-6-14(11,2)3/h7-8,11H,4-6H2,1-3H3,(H,17,18). The lowest BCUT2D eigenvalue weighted by atomic mass is 9.81. The fourth-order valence-corrected chi connectivity index (χ4v) is 2.77. The monoisotopic (exact) mass is 266 g/mol. The molecule has 0 bridgehead atoms. The van der Waals surface area contributed by atoms with Gasteiger partial charge in [0.25, 0.3) is 0 Å². The number of hydrogen-bond donors (Lipinski definition) is 1. The molecule has 1 aromatic heterocycles. The number of amides is 1. The molecular formula is C14H19ClN2O. The summed E-state index contributed by atoms with van der Waals surface area (Å²) in [6.45, 7) is 6.20. The third-order valence-electron chi connectivity index (χ3n) is 3.86. The summed E-state index contributed by atoms with van der Waals surface area (Å²) in [5.41, 5.74) is 1.70. The van der Waals surface area contributed by atoms with Gasteiger partial charge in [0, 0.05) is 5.92 Å². The summed E-state index contributed by atoms with van der Waals surface area (Å²) >= 11 is 5.87. The number of nitrogens with zero attached hydrogens (tertiary/aromatic N) is 1. The largest absolute Gasteiger partial charge is 0.324 e. The zero-order valence-corrected chi connectivity index (χ0v) is 11.8. The van der Waals surface area contributed by atoms with E-state index >= 15 is 0 Å². The molecular weight excluding hydrogens is 248 g/mol. The van der Waals surface area contributed by atoms with E-state index in [1.165, 1.54) is 0 Å². The van der Waals surface area contributed by atoms with Crippen LogP contribution in [0.5, 0.6) is 0 Å². The Bertz CT molecular complexity index is 471. The molecule has 1 amide bonds. The Morgan fingerprint density at radius 3 is 2.83 bits per heavy atom. The summed E-state index contributed by atoms with van der Waals surface area (Å²) in [5, 5.41) is 3.43. The Kier molecular flexibility index (Phi) is 3.62. The number of nitrogens with one attached hydrogen (secondary N) is 1. The van der Waals surface area contributed by atoms with E-state index < -0.39 is 0 Å². The number of aryl methyl sites for hydroxylation is 1. The lowest BCUT2D eigenvalue weighted by molar-refractivity contribution is -0.122. The molecule has 1 atom stereocenters. The van der Waals surface area contributed by atoms with Crippen molar-refractivity contribution in [3.8, 4) is 0 Å². The van der Waals surface area contributed by atoms with E-state index in [-0.39, 0.29) is 17.2 Å². The Morgan fingerprint density at radius 1 is 1.56 bits per heavy atom. The minimum Gasteiger partial charge on any atom is -0.324 e. The molecule has 0 radical (unpaired) electrons. The first kappa shape index (κ1) is 13.3. The van der Waals surface area contributed by atoms with Crippen LogP contribution in [0.1, 0.15) is 38.7 Å². The van der Waals surface area contributed by atoms with Crippen LogP contribution in [-0.4, -0.2) is 10.9 Å². The first-order valence-electron chi connectivity index (χ1n) is 6.33. The predicted octanol–water partition coefficient (Wildman–Crippen LogP) is 3.81. The lowest BCUT2D eigenvalue weighted by Crippen LogP contribution is -2.30. The zero-order valence-electron chi connectivity index (χ0n) is 11.1. The second-order valence-electron chi connectivity index (χ2n) is 5.75. The van der Waals surface area contributed by atoms with Gasteiger partial charge in [0.2, 0.25) is 5.91 Å². The molecule has 1 aliphatic rings. The molecule has 0 saturated heterocycles. The van der Waals surface area contributed by atoms with Gasteiger partial charge in [0.1, 0.15) is 5.15 Å². The molecule has 1 unspecified atom stereocenters. The maximum Gasteiger partial charge on any atom is 0.228 e. The van der Waals surface area contributed by atoms with E-state index in [1.54, 1.807) is 6.20 Å². The molecule has 1 aromatic rings. The average molecular weight is 267 g/mol. The van der Waals surface area contributed by atoms with Crippen LogP contribution in [0, 0.1) is 18.3 Å². The minimum absolute atomic E-state index is 0.0912. The summed E-state index contributed by atoms with van der Waals surface area (Å²) in [7, 11) is 0. The molecule has 4 heteroatoms. The molecule has 0 spiro atoms.